The van der Waals surface area contributed by atoms with Crippen LogP contribution in [-0.4, -0.2) is 50.3 Å². The second kappa shape index (κ2) is 5.73. The lowest BCUT2D eigenvalue weighted by atomic mass is 10.2. The molecular formula is C12H16N8O. The summed E-state index contributed by atoms with van der Waals surface area (Å²) in [4.78, 5) is 24.0. The standard InChI is InChI=1S/C12H16N8O/c1-13-10-17-11(14-7-8-3-4-9(21)16-8)19-12(18-10)20-6-2-5-15-20/h2,5-6,8H,3-4,7H2,1H3,(H,16,21)(H2,13,14,17,18,19). The fourth-order valence-corrected chi connectivity index (χ4v) is 2.09. The molecular weight excluding hydrogens is 272 g/mol. The van der Waals surface area contributed by atoms with Gasteiger partial charge in [-0.3, -0.25) is 4.79 Å². The van der Waals surface area contributed by atoms with Crippen molar-refractivity contribution in [2.24, 2.45) is 0 Å². The minimum Gasteiger partial charge on any atom is -0.357 e. The second-order valence-electron chi connectivity index (χ2n) is 4.67. The summed E-state index contributed by atoms with van der Waals surface area (Å²) in [7, 11) is 1.74. The van der Waals surface area contributed by atoms with Gasteiger partial charge in [0.2, 0.25) is 17.8 Å². The Hall–Kier alpha value is -2.71. The third kappa shape index (κ3) is 3.07. The van der Waals surface area contributed by atoms with Gasteiger partial charge in [-0.05, 0) is 12.5 Å². The number of hydrogen-bond acceptors (Lipinski definition) is 7. The van der Waals surface area contributed by atoms with E-state index in [4.69, 9.17) is 0 Å². The number of anilines is 2. The average Bonchev–Trinajstić information content (AvgIpc) is 3.16. The highest BCUT2D eigenvalue weighted by Crippen LogP contribution is 2.10. The van der Waals surface area contributed by atoms with Gasteiger partial charge in [0.25, 0.3) is 5.95 Å². The van der Waals surface area contributed by atoms with Crippen molar-refractivity contribution in [1.82, 2.24) is 30.0 Å². The van der Waals surface area contributed by atoms with Crippen LogP contribution >= 0.6 is 0 Å². The van der Waals surface area contributed by atoms with E-state index in [0.29, 0.717) is 30.8 Å². The van der Waals surface area contributed by atoms with Gasteiger partial charge in [-0.15, -0.1) is 0 Å². The molecule has 9 heteroatoms. The van der Waals surface area contributed by atoms with Gasteiger partial charge >= 0.3 is 0 Å². The normalized spacial score (nSPS) is 17.6. The Balaban J connectivity index is 1.75. The van der Waals surface area contributed by atoms with E-state index in [-0.39, 0.29) is 11.9 Å². The molecule has 1 saturated heterocycles. The maximum Gasteiger partial charge on any atom is 0.257 e. The number of carbonyl (C=O) groups is 1. The van der Waals surface area contributed by atoms with Gasteiger partial charge < -0.3 is 16.0 Å². The Morgan fingerprint density at radius 3 is 2.90 bits per heavy atom. The summed E-state index contributed by atoms with van der Waals surface area (Å²) in [5.41, 5.74) is 0. The largest absolute Gasteiger partial charge is 0.357 e. The predicted molar refractivity (Wildman–Crippen MR) is 76.2 cm³/mol. The van der Waals surface area contributed by atoms with Crippen LogP contribution in [0.25, 0.3) is 5.95 Å². The number of nitrogens with one attached hydrogen (secondary N) is 3. The van der Waals surface area contributed by atoms with Gasteiger partial charge in [-0.2, -0.15) is 20.1 Å². The molecule has 0 radical (unpaired) electrons. The molecule has 1 fully saturated rings. The van der Waals surface area contributed by atoms with E-state index >= 15 is 0 Å². The van der Waals surface area contributed by atoms with Crippen LogP contribution < -0.4 is 16.0 Å². The highest BCUT2D eigenvalue weighted by molar-refractivity contribution is 5.78. The Morgan fingerprint density at radius 1 is 1.38 bits per heavy atom. The van der Waals surface area contributed by atoms with Crippen molar-refractivity contribution < 1.29 is 4.79 Å². The highest BCUT2D eigenvalue weighted by atomic mass is 16.1. The van der Waals surface area contributed by atoms with E-state index < -0.39 is 0 Å². The lowest BCUT2D eigenvalue weighted by Gasteiger charge is -2.12. The molecule has 9 nitrogen and oxygen atoms in total. The zero-order valence-electron chi connectivity index (χ0n) is 11.6. The zero-order chi connectivity index (χ0) is 14.7. The third-order valence-electron chi connectivity index (χ3n) is 3.15. The summed E-state index contributed by atoms with van der Waals surface area (Å²) in [6, 6.07) is 1.91. The zero-order valence-corrected chi connectivity index (χ0v) is 11.6. The molecule has 2 aromatic rings. The van der Waals surface area contributed by atoms with Crippen LogP contribution in [-0.2, 0) is 4.79 Å². The van der Waals surface area contributed by atoms with Crippen LogP contribution in [0.2, 0.25) is 0 Å². The molecule has 3 N–H and O–H groups in total. The van der Waals surface area contributed by atoms with Crippen LogP contribution in [0, 0.1) is 0 Å². The first kappa shape index (κ1) is 13.3. The van der Waals surface area contributed by atoms with Crippen molar-refractivity contribution in [3.05, 3.63) is 18.5 Å². The van der Waals surface area contributed by atoms with Crippen LogP contribution in [0.3, 0.4) is 0 Å². The van der Waals surface area contributed by atoms with E-state index in [2.05, 4.69) is 36.0 Å². The summed E-state index contributed by atoms with van der Waals surface area (Å²) in [6.45, 7) is 0.581. The molecule has 0 aliphatic carbocycles. The van der Waals surface area contributed by atoms with Gasteiger partial charge in [0, 0.05) is 38.4 Å². The summed E-state index contributed by atoms with van der Waals surface area (Å²) < 4.78 is 1.56. The summed E-state index contributed by atoms with van der Waals surface area (Å²) in [5, 5.41) is 13.0. The van der Waals surface area contributed by atoms with Gasteiger partial charge in [0.1, 0.15) is 0 Å². The van der Waals surface area contributed by atoms with E-state index in [1.807, 2.05) is 0 Å². The predicted octanol–water partition coefficient (Wildman–Crippen LogP) is -0.211. The van der Waals surface area contributed by atoms with Crippen molar-refractivity contribution in [2.45, 2.75) is 18.9 Å². The number of hydrogen-bond donors (Lipinski definition) is 3. The first-order valence-electron chi connectivity index (χ1n) is 6.71. The lowest BCUT2D eigenvalue weighted by Crippen LogP contribution is -2.32. The van der Waals surface area contributed by atoms with Crippen molar-refractivity contribution >= 4 is 17.8 Å². The maximum absolute atomic E-state index is 11.2. The van der Waals surface area contributed by atoms with Crippen LogP contribution in [0.4, 0.5) is 11.9 Å². The molecule has 0 saturated carbocycles. The molecule has 1 amide bonds. The van der Waals surface area contributed by atoms with Crippen molar-refractivity contribution in [1.29, 1.82) is 0 Å². The fourth-order valence-electron chi connectivity index (χ4n) is 2.09. The summed E-state index contributed by atoms with van der Waals surface area (Å²) in [5.74, 6) is 1.41. The molecule has 1 atom stereocenters. The highest BCUT2D eigenvalue weighted by Gasteiger charge is 2.20. The van der Waals surface area contributed by atoms with Gasteiger partial charge in [-0.1, -0.05) is 0 Å². The van der Waals surface area contributed by atoms with Gasteiger partial charge in [-0.25, -0.2) is 4.68 Å². The monoisotopic (exact) mass is 288 g/mol. The Labute approximate surface area is 121 Å². The topological polar surface area (TPSA) is 110 Å². The molecule has 1 aliphatic heterocycles. The minimum atomic E-state index is 0.0885. The van der Waals surface area contributed by atoms with Crippen LogP contribution in [0.1, 0.15) is 12.8 Å². The van der Waals surface area contributed by atoms with E-state index in [1.54, 1.807) is 30.2 Å². The number of amides is 1. The number of aromatic nitrogens is 5. The first-order valence-corrected chi connectivity index (χ1v) is 6.71. The Morgan fingerprint density at radius 2 is 2.24 bits per heavy atom. The van der Waals surface area contributed by atoms with E-state index in [9.17, 15) is 4.79 Å². The molecule has 1 aliphatic rings. The SMILES string of the molecule is CNc1nc(NCC2CCC(=O)N2)nc(-n2cccn2)n1. The number of rotatable bonds is 5. The van der Waals surface area contributed by atoms with Crippen LogP contribution in [0.5, 0.6) is 0 Å². The molecule has 0 spiro atoms. The molecule has 3 heterocycles. The smallest absolute Gasteiger partial charge is 0.257 e. The molecule has 0 bridgehead atoms. The average molecular weight is 288 g/mol. The van der Waals surface area contributed by atoms with Gasteiger partial charge in [0.15, 0.2) is 0 Å². The molecule has 1 unspecified atom stereocenters. The summed E-state index contributed by atoms with van der Waals surface area (Å²) in [6.07, 6.45) is 4.81. The van der Waals surface area contributed by atoms with Crippen molar-refractivity contribution in [3.8, 4) is 5.95 Å². The molecule has 21 heavy (non-hydrogen) atoms. The fraction of sp³-hybridized carbons (Fsp3) is 0.417. The Kier molecular flexibility index (Phi) is 3.63. The van der Waals surface area contributed by atoms with Crippen molar-refractivity contribution in [3.63, 3.8) is 0 Å². The second-order valence-corrected chi connectivity index (χ2v) is 4.67. The molecule has 110 valence electrons. The third-order valence-corrected chi connectivity index (χ3v) is 3.15. The number of nitrogens with zero attached hydrogens (tertiary/aromatic N) is 5. The number of carbonyl (C=O) groups excluding carboxylic acids is 1. The first-order chi connectivity index (χ1) is 10.2. The molecule has 2 aromatic heterocycles. The minimum absolute atomic E-state index is 0.0885. The maximum atomic E-state index is 11.2. The van der Waals surface area contributed by atoms with Crippen LogP contribution in [0.15, 0.2) is 18.5 Å². The summed E-state index contributed by atoms with van der Waals surface area (Å²) >= 11 is 0. The molecule has 0 aromatic carbocycles. The lowest BCUT2D eigenvalue weighted by molar-refractivity contribution is -0.119. The Bertz CT molecular complexity index is 626. The molecule has 3 rings (SSSR count). The van der Waals surface area contributed by atoms with E-state index in [0.717, 1.165) is 6.42 Å². The van der Waals surface area contributed by atoms with E-state index in [1.165, 1.54) is 0 Å². The van der Waals surface area contributed by atoms with Crippen molar-refractivity contribution in [2.75, 3.05) is 24.2 Å². The van der Waals surface area contributed by atoms with Gasteiger partial charge in [0.05, 0.1) is 0 Å². The quantitative estimate of drug-likeness (QED) is 0.698.